The number of methoxy groups -OCH3 is 1. The number of carbonyl (C=O) groups excluding carboxylic acids is 1. The van der Waals surface area contributed by atoms with E-state index < -0.39 is 0 Å². The SMILES string of the molecule is COc1ccc2c(=O)n(CC3CCN(C(=O)C4CCOC4)CC3)cnc2c1. The van der Waals surface area contributed by atoms with E-state index in [1.54, 1.807) is 36.2 Å². The fraction of sp³-hybridized carbons (Fsp3) is 0.550. The zero-order valence-electron chi connectivity index (χ0n) is 15.6. The number of carbonyl (C=O) groups is 1. The van der Waals surface area contributed by atoms with Crippen LogP contribution in [0.2, 0.25) is 0 Å². The minimum absolute atomic E-state index is 0.0238. The van der Waals surface area contributed by atoms with Crippen molar-refractivity contribution in [3.8, 4) is 5.75 Å². The van der Waals surface area contributed by atoms with E-state index in [0.717, 1.165) is 32.4 Å². The third-order valence-corrected chi connectivity index (χ3v) is 5.69. The van der Waals surface area contributed by atoms with E-state index in [4.69, 9.17) is 9.47 Å². The Labute approximate surface area is 157 Å². The summed E-state index contributed by atoms with van der Waals surface area (Å²) in [5.41, 5.74) is 0.624. The Bertz CT molecular complexity index is 880. The maximum atomic E-state index is 12.8. The summed E-state index contributed by atoms with van der Waals surface area (Å²) < 4.78 is 12.2. The molecule has 1 aromatic carbocycles. The molecule has 2 aliphatic heterocycles. The fourth-order valence-corrected chi connectivity index (χ4v) is 4.00. The molecule has 4 rings (SSSR count). The third kappa shape index (κ3) is 3.69. The van der Waals surface area contributed by atoms with Gasteiger partial charge in [-0.3, -0.25) is 14.2 Å². The lowest BCUT2D eigenvalue weighted by Crippen LogP contribution is -2.43. The summed E-state index contributed by atoms with van der Waals surface area (Å²) in [5.74, 6) is 1.33. The normalized spacial score (nSPS) is 20.9. The molecule has 27 heavy (non-hydrogen) atoms. The topological polar surface area (TPSA) is 73.7 Å². The molecule has 1 amide bonds. The van der Waals surface area contributed by atoms with Gasteiger partial charge in [0, 0.05) is 32.3 Å². The number of rotatable bonds is 4. The Kier molecular flexibility index (Phi) is 5.11. The molecule has 0 saturated carbocycles. The summed E-state index contributed by atoms with van der Waals surface area (Å²) >= 11 is 0. The molecule has 1 unspecified atom stereocenters. The van der Waals surface area contributed by atoms with Gasteiger partial charge >= 0.3 is 0 Å². The van der Waals surface area contributed by atoms with Gasteiger partial charge in [0.15, 0.2) is 0 Å². The van der Waals surface area contributed by atoms with Crippen LogP contribution >= 0.6 is 0 Å². The second kappa shape index (κ2) is 7.68. The Balaban J connectivity index is 1.41. The Morgan fingerprint density at radius 3 is 2.81 bits per heavy atom. The zero-order chi connectivity index (χ0) is 18.8. The summed E-state index contributed by atoms with van der Waals surface area (Å²) in [4.78, 5) is 31.6. The first-order valence-electron chi connectivity index (χ1n) is 9.55. The van der Waals surface area contributed by atoms with Gasteiger partial charge in [-0.05, 0) is 37.3 Å². The number of benzene rings is 1. The van der Waals surface area contributed by atoms with Crippen LogP contribution in [-0.4, -0.2) is 53.8 Å². The second-order valence-corrected chi connectivity index (χ2v) is 7.41. The van der Waals surface area contributed by atoms with Gasteiger partial charge in [0.2, 0.25) is 5.91 Å². The summed E-state index contributed by atoms with van der Waals surface area (Å²) in [5, 5.41) is 0.604. The van der Waals surface area contributed by atoms with E-state index in [1.807, 2.05) is 4.90 Å². The minimum Gasteiger partial charge on any atom is -0.497 e. The standard InChI is InChI=1S/C20H25N3O4/c1-26-16-2-3-17-18(10-16)21-13-23(20(17)25)11-14-4-7-22(8-5-14)19(24)15-6-9-27-12-15/h2-3,10,13-15H,4-9,11-12H2,1H3. The smallest absolute Gasteiger partial charge is 0.261 e. The molecule has 0 N–H and O–H groups in total. The predicted molar refractivity (Wildman–Crippen MR) is 101 cm³/mol. The van der Waals surface area contributed by atoms with E-state index in [1.165, 1.54) is 0 Å². The van der Waals surface area contributed by atoms with Crippen molar-refractivity contribution in [3.05, 3.63) is 34.9 Å². The lowest BCUT2D eigenvalue weighted by Gasteiger charge is -2.33. The molecule has 2 fully saturated rings. The second-order valence-electron chi connectivity index (χ2n) is 7.41. The van der Waals surface area contributed by atoms with Crippen molar-refractivity contribution >= 4 is 16.8 Å². The van der Waals surface area contributed by atoms with Crippen molar-refractivity contribution in [2.45, 2.75) is 25.8 Å². The number of ether oxygens (including phenoxy) is 2. The molecule has 0 radical (unpaired) electrons. The molecule has 1 atom stereocenters. The molecule has 7 nitrogen and oxygen atoms in total. The van der Waals surface area contributed by atoms with Crippen molar-refractivity contribution in [2.75, 3.05) is 33.4 Å². The van der Waals surface area contributed by atoms with Crippen LogP contribution in [0.1, 0.15) is 19.3 Å². The van der Waals surface area contributed by atoms with Crippen LogP contribution < -0.4 is 10.3 Å². The van der Waals surface area contributed by atoms with Gasteiger partial charge in [-0.25, -0.2) is 4.98 Å². The number of aromatic nitrogens is 2. The number of fused-ring (bicyclic) bond motifs is 1. The molecule has 2 aliphatic rings. The maximum absolute atomic E-state index is 12.8. The van der Waals surface area contributed by atoms with Gasteiger partial charge in [-0.1, -0.05) is 0 Å². The highest BCUT2D eigenvalue weighted by Gasteiger charge is 2.30. The van der Waals surface area contributed by atoms with Gasteiger partial charge in [0.25, 0.3) is 5.56 Å². The molecule has 0 aliphatic carbocycles. The maximum Gasteiger partial charge on any atom is 0.261 e. The van der Waals surface area contributed by atoms with Crippen LogP contribution in [0.15, 0.2) is 29.3 Å². The van der Waals surface area contributed by atoms with Crippen LogP contribution in [0, 0.1) is 11.8 Å². The highest BCUT2D eigenvalue weighted by atomic mass is 16.5. The van der Waals surface area contributed by atoms with E-state index in [2.05, 4.69) is 4.98 Å². The minimum atomic E-state index is -0.0238. The Hall–Kier alpha value is -2.41. The molecule has 144 valence electrons. The molecule has 1 aromatic heterocycles. The molecular formula is C20H25N3O4. The average Bonchev–Trinajstić information content (AvgIpc) is 3.25. The van der Waals surface area contributed by atoms with Gasteiger partial charge < -0.3 is 14.4 Å². The van der Waals surface area contributed by atoms with E-state index in [0.29, 0.717) is 42.3 Å². The van der Waals surface area contributed by atoms with Crippen LogP contribution in [-0.2, 0) is 16.1 Å². The van der Waals surface area contributed by atoms with Crippen LogP contribution in [0.5, 0.6) is 5.75 Å². The first-order valence-corrected chi connectivity index (χ1v) is 9.55. The highest BCUT2D eigenvalue weighted by Crippen LogP contribution is 2.23. The van der Waals surface area contributed by atoms with Gasteiger partial charge in [-0.15, -0.1) is 0 Å². The Morgan fingerprint density at radius 1 is 1.30 bits per heavy atom. The fourth-order valence-electron chi connectivity index (χ4n) is 4.00. The van der Waals surface area contributed by atoms with Crippen molar-refractivity contribution in [1.82, 2.24) is 14.5 Å². The van der Waals surface area contributed by atoms with Crippen molar-refractivity contribution in [3.63, 3.8) is 0 Å². The van der Waals surface area contributed by atoms with E-state index in [9.17, 15) is 9.59 Å². The molecule has 2 saturated heterocycles. The third-order valence-electron chi connectivity index (χ3n) is 5.69. The van der Waals surface area contributed by atoms with Crippen LogP contribution in [0.25, 0.3) is 10.9 Å². The van der Waals surface area contributed by atoms with Crippen molar-refractivity contribution < 1.29 is 14.3 Å². The number of hydrogen-bond donors (Lipinski definition) is 0. The summed E-state index contributed by atoms with van der Waals surface area (Å²) in [7, 11) is 1.60. The lowest BCUT2D eigenvalue weighted by molar-refractivity contribution is -0.137. The first kappa shape index (κ1) is 18.0. The number of piperidine rings is 1. The zero-order valence-corrected chi connectivity index (χ0v) is 15.6. The number of nitrogens with zero attached hydrogens (tertiary/aromatic N) is 3. The number of likely N-dealkylation sites (tertiary alicyclic amines) is 1. The summed E-state index contributed by atoms with van der Waals surface area (Å²) in [6.45, 7) is 3.40. The lowest BCUT2D eigenvalue weighted by atomic mass is 9.95. The number of amides is 1. The van der Waals surface area contributed by atoms with Crippen LogP contribution in [0.3, 0.4) is 0 Å². The first-order chi connectivity index (χ1) is 13.2. The molecule has 2 aromatic rings. The summed E-state index contributed by atoms with van der Waals surface area (Å²) in [6.07, 6.45) is 4.28. The predicted octanol–water partition coefficient (Wildman–Crippen LogP) is 1.68. The van der Waals surface area contributed by atoms with Crippen molar-refractivity contribution in [2.24, 2.45) is 11.8 Å². The monoisotopic (exact) mass is 371 g/mol. The molecule has 0 spiro atoms. The van der Waals surface area contributed by atoms with E-state index in [-0.39, 0.29) is 17.4 Å². The molecule has 7 heteroatoms. The molecule has 3 heterocycles. The van der Waals surface area contributed by atoms with Gasteiger partial charge in [0.05, 0.1) is 36.9 Å². The molecular weight excluding hydrogens is 346 g/mol. The highest BCUT2D eigenvalue weighted by molar-refractivity contribution is 5.79. The Morgan fingerprint density at radius 2 is 2.11 bits per heavy atom. The average molecular weight is 371 g/mol. The van der Waals surface area contributed by atoms with E-state index >= 15 is 0 Å². The van der Waals surface area contributed by atoms with Crippen molar-refractivity contribution in [1.29, 1.82) is 0 Å². The quantitative estimate of drug-likeness (QED) is 0.818. The number of hydrogen-bond acceptors (Lipinski definition) is 5. The van der Waals surface area contributed by atoms with Gasteiger partial charge in [-0.2, -0.15) is 0 Å². The largest absolute Gasteiger partial charge is 0.497 e. The van der Waals surface area contributed by atoms with Crippen LogP contribution in [0.4, 0.5) is 0 Å². The van der Waals surface area contributed by atoms with Gasteiger partial charge in [0.1, 0.15) is 5.75 Å². The molecule has 0 bridgehead atoms. The summed E-state index contributed by atoms with van der Waals surface area (Å²) in [6, 6.07) is 5.33.